The van der Waals surface area contributed by atoms with E-state index in [4.69, 9.17) is 16.0 Å². The Kier molecular flexibility index (Phi) is 4.21. The highest BCUT2D eigenvalue weighted by Crippen LogP contribution is 2.14. The standard InChI is InChI=1S/C17H15ClN2O3/c1-20-14-7-4-12(10-15(14)23-17(20)22)16(21)19-9-8-11-2-5-13(18)6-3-11/h2-7,10H,8-9H2,1H3,(H,19,21). The maximum absolute atomic E-state index is 12.2. The molecule has 0 aliphatic rings. The van der Waals surface area contributed by atoms with E-state index in [0.717, 1.165) is 5.56 Å². The van der Waals surface area contributed by atoms with E-state index in [1.54, 1.807) is 25.2 Å². The largest absolute Gasteiger partial charge is 0.419 e. The molecule has 3 aromatic rings. The van der Waals surface area contributed by atoms with Crippen LogP contribution in [-0.4, -0.2) is 17.0 Å². The van der Waals surface area contributed by atoms with Crippen molar-refractivity contribution in [1.82, 2.24) is 9.88 Å². The maximum atomic E-state index is 12.2. The molecule has 3 rings (SSSR count). The fourth-order valence-electron chi connectivity index (χ4n) is 2.35. The van der Waals surface area contributed by atoms with Crippen LogP contribution in [0.4, 0.5) is 0 Å². The second-order valence-electron chi connectivity index (χ2n) is 5.24. The van der Waals surface area contributed by atoms with E-state index in [2.05, 4.69) is 5.32 Å². The molecule has 0 spiro atoms. The van der Waals surface area contributed by atoms with E-state index < -0.39 is 5.76 Å². The van der Waals surface area contributed by atoms with Gasteiger partial charge in [-0.05, 0) is 42.3 Å². The molecule has 2 aromatic carbocycles. The smallest absolute Gasteiger partial charge is 0.408 e. The Morgan fingerprint density at radius 1 is 1.22 bits per heavy atom. The molecule has 0 unspecified atom stereocenters. The number of aromatic nitrogens is 1. The Morgan fingerprint density at radius 2 is 1.96 bits per heavy atom. The summed E-state index contributed by atoms with van der Waals surface area (Å²) in [6, 6.07) is 12.5. The average Bonchev–Trinajstić information content (AvgIpc) is 2.83. The van der Waals surface area contributed by atoms with Gasteiger partial charge in [0.1, 0.15) is 0 Å². The molecule has 5 nitrogen and oxygen atoms in total. The molecule has 0 saturated heterocycles. The highest BCUT2D eigenvalue weighted by Gasteiger charge is 2.10. The number of amides is 1. The molecule has 0 aliphatic carbocycles. The van der Waals surface area contributed by atoms with Gasteiger partial charge in [0, 0.05) is 24.2 Å². The van der Waals surface area contributed by atoms with E-state index in [1.165, 1.54) is 4.57 Å². The van der Waals surface area contributed by atoms with E-state index in [-0.39, 0.29) is 5.91 Å². The number of hydrogen-bond donors (Lipinski definition) is 1. The first-order valence-corrected chi connectivity index (χ1v) is 7.54. The molecule has 0 atom stereocenters. The zero-order valence-corrected chi connectivity index (χ0v) is 13.3. The molecule has 23 heavy (non-hydrogen) atoms. The number of rotatable bonds is 4. The predicted octanol–water partition coefficient (Wildman–Crippen LogP) is 2.76. The van der Waals surface area contributed by atoms with Crippen LogP contribution in [-0.2, 0) is 13.5 Å². The first-order chi connectivity index (χ1) is 11.0. The first-order valence-electron chi connectivity index (χ1n) is 7.17. The minimum absolute atomic E-state index is 0.202. The van der Waals surface area contributed by atoms with Crippen molar-refractivity contribution >= 4 is 28.6 Å². The molecule has 0 radical (unpaired) electrons. The molecule has 6 heteroatoms. The van der Waals surface area contributed by atoms with Gasteiger partial charge in [-0.1, -0.05) is 23.7 Å². The summed E-state index contributed by atoms with van der Waals surface area (Å²) in [4.78, 5) is 23.6. The summed E-state index contributed by atoms with van der Waals surface area (Å²) >= 11 is 5.83. The van der Waals surface area contributed by atoms with Gasteiger partial charge in [0.05, 0.1) is 5.52 Å². The normalized spacial score (nSPS) is 10.9. The number of carbonyl (C=O) groups is 1. The van der Waals surface area contributed by atoms with Gasteiger partial charge in [-0.15, -0.1) is 0 Å². The van der Waals surface area contributed by atoms with Crippen LogP contribution in [0.2, 0.25) is 5.02 Å². The average molecular weight is 331 g/mol. The molecule has 1 N–H and O–H groups in total. The van der Waals surface area contributed by atoms with Crippen molar-refractivity contribution in [3.05, 3.63) is 69.2 Å². The highest BCUT2D eigenvalue weighted by atomic mass is 35.5. The molecule has 0 aliphatic heterocycles. The lowest BCUT2D eigenvalue weighted by Crippen LogP contribution is -2.25. The number of fused-ring (bicyclic) bond motifs is 1. The van der Waals surface area contributed by atoms with Crippen molar-refractivity contribution in [3.63, 3.8) is 0 Å². The molecule has 1 amide bonds. The van der Waals surface area contributed by atoms with Gasteiger partial charge in [0.15, 0.2) is 5.58 Å². The van der Waals surface area contributed by atoms with Gasteiger partial charge in [-0.2, -0.15) is 0 Å². The van der Waals surface area contributed by atoms with Gasteiger partial charge in [-0.3, -0.25) is 9.36 Å². The van der Waals surface area contributed by atoms with Crippen LogP contribution in [0.25, 0.3) is 11.1 Å². The maximum Gasteiger partial charge on any atom is 0.419 e. The summed E-state index contributed by atoms with van der Waals surface area (Å²) in [5.41, 5.74) is 2.62. The molecule has 118 valence electrons. The fraction of sp³-hybridized carbons (Fsp3) is 0.176. The van der Waals surface area contributed by atoms with Crippen LogP contribution >= 0.6 is 11.6 Å². The number of nitrogens with zero attached hydrogens (tertiary/aromatic N) is 1. The lowest BCUT2D eigenvalue weighted by molar-refractivity contribution is 0.0954. The monoisotopic (exact) mass is 330 g/mol. The molecule has 0 bridgehead atoms. The van der Waals surface area contributed by atoms with Crippen LogP contribution in [0, 0.1) is 0 Å². The summed E-state index contributed by atoms with van der Waals surface area (Å²) in [6.45, 7) is 0.511. The summed E-state index contributed by atoms with van der Waals surface area (Å²) in [6.07, 6.45) is 0.714. The van der Waals surface area contributed by atoms with Crippen molar-refractivity contribution in [2.24, 2.45) is 7.05 Å². The molecule has 0 fully saturated rings. The zero-order valence-electron chi connectivity index (χ0n) is 12.5. The summed E-state index contributed by atoms with van der Waals surface area (Å²) < 4.78 is 6.49. The quantitative estimate of drug-likeness (QED) is 0.800. The third-order valence-electron chi connectivity index (χ3n) is 3.67. The van der Waals surface area contributed by atoms with Crippen LogP contribution in [0.5, 0.6) is 0 Å². The lowest BCUT2D eigenvalue weighted by atomic mass is 10.1. The molecule has 1 heterocycles. The zero-order chi connectivity index (χ0) is 16.4. The van der Waals surface area contributed by atoms with Crippen LogP contribution < -0.4 is 11.1 Å². The summed E-state index contributed by atoms with van der Waals surface area (Å²) in [5, 5.41) is 3.54. The van der Waals surface area contributed by atoms with Crippen molar-refractivity contribution in [3.8, 4) is 0 Å². The summed E-state index contributed by atoms with van der Waals surface area (Å²) in [7, 11) is 1.63. The number of oxazole rings is 1. The number of aryl methyl sites for hydroxylation is 1. The third-order valence-corrected chi connectivity index (χ3v) is 3.92. The molecular formula is C17H15ClN2O3. The Balaban J connectivity index is 1.66. The Morgan fingerprint density at radius 3 is 2.70 bits per heavy atom. The third kappa shape index (κ3) is 3.29. The Hall–Kier alpha value is -2.53. The van der Waals surface area contributed by atoms with Gasteiger partial charge in [0.25, 0.3) is 5.91 Å². The first kappa shape index (κ1) is 15.4. The van der Waals surface area contributed by atoms with Crippen LogP contribution in [0.1, 0.15) is 15.9 Å². The predicted molar refractivity (Wildman–Crippen MR) is 88.9 cm³/mol. The van der Waals surface area contributed by atoms with E-state index in [9.17, 15) is 9.59 Å². The highest BCUT2D eigenvalue weighted by molar-refractivity contribution is 6.30. The van der Waals surface area contributed by atoms with Crippen molar-refractivity contribution in [1.29, 1.82) is 0 Å². The number of hydrogen-bond acceptors (Lipinski definition) is 3. The van der Waals surface area contributed by atoms with E-state index >= 15 is 0 Å². The fourth-order valence-corrected chi connectivity index (χ4v) is 2.47. The topological polar surface area (TPSA) is 64.2 Å². The van der Waals surface area contributed by atoms with Crippen LogP contribution in [0.3, 0.4) is 0 Å². The lowest BCUT2D eigenvalue weighted by Gasteiger charge is -2.05. The van der Waals surface area contributed by atoms with E-state index in [1.807, 2.05) is 24.3 Å². The van der Waals surface area contributed by atoms with Gasteiger partial charge < -0.3 is 9.73 Å². The second-order valence-corrected chi connectivity index (χ2v) is 5.68. The van der Waals surface area contributed by atoms with Gasteiger partial charge in [-0.25, -0.2) is 4.79 Å². The number of benzene rings is 2. The van der Waals surface area contributed by atoms with Gasteiger partial charge in [0.2, 0.25) is 0 Å². The number of nitrogens with one attached hydrogen (secondary N) is 1. The van der Waals surface area contributed by atoms with Crippen molar-refractivity contribution in [2.45, 2.75) is 6.42 Å². The second kappa shape index (κ2) is 6.30. The van der Waals surface area contributed by atoms with Crippen LogP contribution in [0.15, 0.2) is 51.7 Å². The van der Waals surface area contributed by atoms with Crippen molar-refractivity contribution < 1.29 is 9.21 Å². The van der Waals surface area contributed by atoms with Gasteiger partial charge >= 0.3 is 5.76 Å². The SMILES string of the molecule is Cn1c(=O)oc2cc(C(=O)NCCc3ccc(Cl)cc3)ccc21. The van der Waals surface area contributed by atoms with E-state index in [0.29, 0.717) is 34.7 Å². The number of carbonyl (C=O) groups excluding carboxylic acids is 1. The molecular weight excluding hydrogens is 316 g/mol. The molecule has 0 saturated carbocycles. The Labute approximate surface area is 137 Å². The van der Waals surface area contributed by atoms with Crippen molar-refractivity contribution in [2.75, 3.05) is 6.54 Å². The Bertz CT molecular complexity index is 910. The summed E-state index contributed by atoms with van der Waals surface area (Å²) in [5.74, 6) is -0.646. The molecule has 1 aromatic heterocycles. The number of halogens is 1. The minimum atomic E-state index is -0.444. The minimum Gasteiger partial charge on any atom is -0.408 e.